The van der Waals surface area contributed by atoms with E-state index < -0.39 is 0 Å². The molecule has 0 unspecified atom stereocenters. The van der Waals surface area contributed by atoms with Crippen LogP contribution in [0.3, 0.4) is 0 Å². The Morgan fingerprint density at radius 1 is 0.381 bits per heavy atom. The van der Waals surface area contributed by atoms with Gasteiger partial charge in [0.25, 0.3) is 0 Å². The van der Waals surface area contributed by atoms with Gasteiger partial charge in [-0.3, -0.25) is 0 Å². The number of unbranched alkanes of at least 4 members (excludes halogenated alkanes) is 14. The van der Waals surface area contributed by atoms with E-state index in [1.165, 1.54) is 89.9 Å². The normalized spacial score (nSPS) is 11.1. The molecule has 128 valence electrons. The van der Waals surface area contributed by atoms with Crippen LogP contribution in [-0.4, -0.2) is 15.8 Å². The maximum absolute atomic E-state index is 2.30. The van der Waals surface area contributed by atoms with Crippen LogP contribution in [0.1, 0.15) is 117 Å². The third-order valence-corrected chi connectivity index (χ3v) is 7.38. The molecule has 0 spiro atoms. The second kappa shape index (κ2) is 20.6. The van der Waals surface area contributed by atoms with Gasteiger partial charge < -0.3 is 0 Å². The zero-order valence-electron chi connectivity index (χ0n) is 15.2. The molecular weight excluding hydrogens is 315 g/mol. The summed E-state index contributed by atoms with van der Waals surface area (Å²) in [6.45, 7) is 4.60. The van der Waals surface area contributed by atoms with Crippen LogP contribution in [0.15, 0.2) is 0 Å². The summed E-state index contributed by atoms with van der Waals surface area (Å²) in [5.74, 6) is 0. The van der Waals surface area contributed by atoms with Crippen LogP contribution in [-0.2, 0) is 0 Å². The van der Waals surface area contributed by atoms with Crippen molar-refractivity contribution in [2.24, 2.45) is 0 Å². The molecule has 0 aliphatic carbocycles. The van der Waals surface area contributed by atoms with Crippen molar-refractivity contribution in [1.29, 1.82) is 0 Å². The summed E-state index contributed by atoms with van der Waals surface area (Å²) in [5, 5.41) is 3.23. The predicted molar refractivity (Wildman–Crippen MR) is 102 cm³/mol. The molecule has 0 nitrogen and oxygen atoms in total. The first-order valence-corrected chi connectivity index (χ1v) is 13.1. The number of hydrogen-bond donors (Lipinski definition) is 0. The molecule has 0 aromatic carbocycles. The molecule has 21 heavy (non-hydrogen) atoms. The van der Waals surface area contributed by atoms with E-state index in [1.54, 1.807) is 23.3 Å². The van der Waals surface area contributed by atoms with Crippen molar-refractivity contribution in [2.45, 2.75) is 127 Å². The molecule has 0 heterocycles. The first-order chi connectivity index (χ1) is 10.4. The Kier molecular flexibility index (Phi) is 21.1. The van der Waals surface area contributed by atoms with Gasteiger partial charge in [0.05, 0.1) is 0 Å². The molecule has 0 aliphatic heterocycles. The fourth-order valence-corrected chi connectivity index (χ4v) is 5.52. The maximum atomic E-state index is 2.30. The van der Waals surface area contributed by atoms with Crippen LogP contribution in [0.25, 0.3) is 0 Å². The van der Waals surface area contributed by atoms with Crippen molar-refractivity contribution in [3.05, 3.63) is 0 Å². The molecule has 0 rings (SSSR count). The van der Waals surface area contributed by atoms with Crippen LogP contribution in [0.4, 0.5) is 0 Å². The first kappa shape index (κ1) is 21.6. The molecule has 0 bridgehead atoms. The molecule has 0 radical (unpaired) electrons. The molecule has 0 amide bonds. The average molecular weight is 358 g/mol. The van der Waals surface area contributed by atoms with E-state index in [1.807, 2.05) is 0 Å². The molecule has 0 saturated heterocycles. The first-order valence-electron chi connectivity index (χ1n) is 10.1. The Morgan fingerprint density at radius 2 is 0.667 bits per heavy atom. The van der Waals surface area contributed by atoms with Crippen LogP contribution < -0.4 is 0 Å². The Labute approximate surface area is 142 Å². The average Bonchev–Trinajstić information content (AvgIpc) is 2.50. The van der Waals surface area contributed by atoms with Gasteiger partial charge in [0, 0.05) is 0 Å². The van der Waals surface area contributed by atoms with Crippen LogP contribution in [0, 0.1) is 0 Å². The van der Waals surface area contributed by atoms with E-state index in [2.05, 4.69) is 13.8 Å². The third kappa shape index (κ3) is 20.6. The summed E-state index contributed by atoms with van der Waals surface area (Å²) in [7, 11) is 0. The van der Waals surface area contributed by atoms with Gasteiger partial charge in [-0.15, -0.1) is 0 Å². The van der Waals surface area contributed by atoms with Gasteiger partial charge in [-0.2, -0.15) is 0 Å². The molecule has 0 aromatic rings. The van der Waals surface area contributed by atoms with Crippen molar-refractivity contribution in [1.82, 2.24) is 0 Å². The van der Waals surface area contributed by atoms with Gasteiger partial charge in [-0.1, -0.05) is 0 Å². The molecule has 0 aromatic heterocycles. The van der Waals surface area contributed by atoms with E-state index in [0.29, 0.717) is 15.8 Å². The van der Waals surface area contributed by atoms with E-state index in [9.17, 15) is 0 Å². The Bertz CT molecular complexity index is 149. The second-order valence-electron chi connectivity index (χ2n) is 6.70. The molecule has 0 saturated carbocycles. The van der Waals surface area contributed by atoms with Gasteiger partial charge in [-0.25, -0.2) is 0 Å². The van der Waals surface area contributed by atoms with E-state index in [-0.39, 0.29) is 0 Å². The van der Waals surface area contributed by atoms with Gasteiger partial charge in [-0.05, 0) is 0 Å². The second-order valence-corrected chi connectivity index (χ2v) is 9.85. The van der Waals surface area contributed by atoms with Crippen LogP contribution in [0.5, 0.6) is 0 Å². The summed E-state index contributed by atoms with van der Waals surface area (Å²) in [5.41, 5.74) is 0. The summed E-state index contributed by atoms with van der Waals surface area (Å²) in [4.78, 5) is 0. The van der Waals surface area contributed by atoms with E-state index >= 15 is 0 Å². The Morgan fingerprint density at radius 3 is 1.00 bits per heavy atom. The van der Waals surface area contributed by atoms with Crippen molar-refractivity contribution in [3.63, 3.8) is 0 Å². The van der Waals surface area contributed by atoms with Gasteiger partial charge in [0.2, 0.25) is 0 Å². The van der Waals surface area contributed by atoms with Crippen molar-refractivity contribution >= 4 is 15.8 Å². The van der Waals surface area contributed by atoms with Gasteiger partial charge >= 0.3 is 143 Å². The zero-order valence-corrected chi connectivity index (χ0v) is 17.3. The molecule has 0 fully saturated rings. The van der Waals surface area contributed by atoms with Gasteiger partial charge in [0.15, 0.2) is 0 Å². The van der Waals surface area contributed by atoms with E-state index in [0.717, 1.165) is 0 Å². The summed E-state index contributed by atoms with van der Waals surface area (Å²) >= 11 is 0.434. The predicted octanol–water partition coefficient (Wildman–Crippen LogP) is 7.54. The molecular formula is C20H43As. The number of rotatable bonds is 18. The summed E-state index contributed by atoms with van der Waals surface area (Å²) in [6, 6.07) is 0. The van der Waals surface area contributed by atoms with Crippen molar-refractivity contribution < 1.29 is 0 Å². The van der Waals surface area contributed by atoms with Gasteiger partial charge in [0.1, 0.15) is 0 Å². The molecule has 1 heteroatoms. The SMILES string of the molecule is CCCCCCCCCC[AsH]CCCCCCCCCC. The molecule has 0 N–H and O–H groups in total. The summed E-state index contributed by atoms with van der Waals surface area (Å²) in [6.07, 6.45) is 23.7. The quantitative estimate of drug-likeness (QED) is 0.175. The van der Waals surface area contributed by atoms with Crippen molar-refractivity contribution in [3.8, 4) is 0 Å². The Balaban J connectivity index is 2.90. The fraction of sp³-hybridized carbons (Fsp3) is 1.00. The Hall–Kier alpha value is 0.558. The molecule has 0 atom stereocenters. The third-order valence-electron chi connectivity index (χ3n) is 4.41. The molecule has 0 aliphatic rings. The summed E-state index contributed by atoms with van der Waals surface area (Å²) < 4.78 is 0. The minimum absolute atomic E-state index is 0.434. The standard InChI is InChI=1S/C20H43As/c1-3-5-7-9-11-13-15-17-19-21-20-18-16-14-12-10-8-6-4-2/h21H,3-20H2,1-2H3. The monoisotopic (exact) mass is 358 g/mol. The van der Waals surface area contributed by atoms with Crippen molar-refractivity contribution in [2.75, 3.05) is 0 Å². The fourth-order valence-electron chi connectivity index (χ4n) is 2.89. The number of hydrogen-bond acceptors (Lipinski definition) is 0. The van der Waals surface area contributed by atoms with Crippen LogP contribution in [0.2, 0.25) is 10.4 Å². The van der Waals surface area contributed by atoms with Crippen LogP contribution >= 0.6 is 0 Å². The topological polar surface area (TPSA) is 0 Å². The van der Waals surface area contributed by atoms with E-state index in [4.69, 9.17) is 0 Å². The minimum atomic E-state index is 0.434. The zero-order chi connectivity index (χ0) is 15.4.